The molecular formula is C20H35IN4S. The molecule has 6 heteroatoms. The minimum Gasteiger partial charge on any atom is -0.357 e. The number of guanidine groups is 1. The van der Waals surface area contributed by atoms with Gasteiger partial charge in [-0.25, -0.2) is 0 Å². The van der Waals surface area contributed by atoms with Gasteiger partial charge in [0.15, 0.2) is 5.96 Å². The summed E-state index contributed by atoms with van der Waals surface area (Å²) in [6.45, 7) is 7.32. The molecule has 1 aromatic carbocycles. The van der Waals surface area contributed by atoms with Crippen molar-refractivity contribution in [3.8, 4) is 0 Å². The van der Waals surface area contributed by atoms with Gasteiger partial charge in [-0.2, -0.15) is 0 Å². The number of nitrogens with one attached hydrogen (secondary N) is 1. The van der Waals surface area contributed by atoms with Gasteiger partial charge in [-0.3, -0.25) is 4.99 Å². The number of piperidine rings is 1. The highest BCUT2D eigenvalue weighted by atomic mass is 127. The van der Waals surface area contributed by atoms with E-state index in [1.165, 1.54) is 42.8 Å². The van der Waals surface area contributed by atoms with Crippen molar-refractivity contribution < 1.29 is 0 Å². The minimum absolute atomic E-state index is 0. The number of halogens is 1. The molecule has 148 valence electrons. The first-order valence-corrected chi connectivity index (χ1v) is 10.7. The van der Waals surface area contributed by atoms with Crippen molar-refractivity contribution in [1.82, 2.24) is 15.1 Å². The van der Waals surface area contributed by atoms with Gasteiger partial charge in [0.05, 0.1) is 0 Å². The van der Waals surface area contributed by atoms with Crippen LogP contribution in [0, 0.1) is 5.92 Å². The Morgan fingerprint density at radius 3 is 2.50 bits per heavy atom. The van der Waals surface area contributed by atoms with Gasteiger partial charge in [0, 0.05) is 31.6 Å². The largest absolute Gasteiger partial charge is 0.357 e. The van der Waals surface area contributed by atoms with Gasteiger partial charge in [0.1, 0.15) is 0 Å². The lowest BCUT2D eigenvalue weighted by Gasteiger charge is -2.28. The zero-order valence-corrected chi connectivity index (χ0v) is 19.8. The molecule has 0 aromatic heterocycles. The molecule has 0 bridgehead atoms. The van der Waals surface area contributed by atoms with Crippen LogP contribution in [-0.4, -0.2) is 62.3 Å². The van der Waals surface area contributed by atoms with E-state index in [9.17, 15) is 0 Å². The predicted molar refractivity (Wildman–Crippen MR) is 126 cm³/mol. The lowest BCUT2D eigenvalue weighted by Crippen LogP contribution is -2.38. The lowest BCUT2D eigenvalue weighted by molar-refractivity contribution is 0.214. The smallest absolute Gasteiger partial charge is 0.193 e. The Kier molecular flexibility index (Phi) is 11.6. The van der Waals surface area contributed by atoms with E-state index < -0.39 is 0 Å². The topological polar surface area (TPSA) is 30.9 Å². The van der Waals surface area contributed by atoms with Crippen LogP contribution in [0.15, 0.2) is 34.2 Å². The lowest BCUT2D eigenvalue weighted by atomic mass is 9.94. The average molecular weight is 490 g/mol. The molecule has 1 saturated heterocycles. The van der Waals surface area contributed by atoms with Crippen molar-refractivity contribution >= 4 is 41.7 Å². The Morgan fingerprint density at radius 2 is 1.92 bits per heavy atom. The summed E-state index contributed by atoms with van der Waals surface area (Å²) < 4.78 is 0. The van der Waals surface area contributed by atoms with E-state index in [1.54, 1.807) is 11.8 Å². The molecule has 0 radical (unpaired) electrons. The SMILES string of the molecule is CCNC(=NCCC1CCN(C)CC1)N(C)Cc1ccc(SC)cc1.I. The highest BCUT2D eigenvalue weighted by Gasteiger charge is 2.16. The minimum atomic E-state index is 0. The van der Waals surface area contributed by atoms with Crippen LogP contribution in [0.5, 0.6) is 0 Å². The second kappa shape index (κ2) is 12.8. The van der Waals surface area contributed by atoms with E-state index in [1.807, 2.05) is 0 Å². The van der Waals surface area contributed by atoms with Crippen LogP contribution in [0.4, 0.5) is 0 Å². The first-order chi connectivity index (χ1) is 12.1. The Balaban J connectivity index is 0.00000338. The predicted octanol–water partition coefficient (Wildman–Crippen LogP) is 4.16. The Labute approximate surface area is 181 Å². The van der Waals surface area contributed by atoms with E-state index in [4.69, 9.17) is 4.99 Å². The summed E-state index contributed by atoms with van der Waals surface area (Å²) in [6.07, 6.45) is 5.96. The number of hydrogen-bond donors (Lipinski definition) is 1. The second-order valence-corrected chi connectivity index (χ2v) is 7.85. The summed E-state index contributed by atoms with van der Waals surface area (Å²) in [7, 11) is 4.35. The van der Waals surface area contributed by atoms with Gasteiger partial charge in [-0.05, 0) is 76.2 Å². The Morgan fingerprint density at radius 1 is 1.27 bits per heavy atom. The number of rotatable bonds is 7. The van der Waals surface area contributed by atoms with E-state index in [2.05, 4.69) is 66.7 Å². The normalized spacial score (nSPS) is 16.2. The fourth-order valence-electron chi connectivity index (χ4n) is 3.25. The molecular weight excluding hydrogens is 455 g/mol. The quantitative estimate of drug-likeness (QED) is 0.269. The highest BCUT2D eigenvalue weighted by Crippen LogP contribution is 2.19. The number of hydrogen-bond acceptors (Lipinski definition) is 3. The number of thioether (sulfide) groups is 1. The summed E-state index contributed by atoms with van der Waals surface area (Å²) in [6, 6.07) is 8.81. The molecule has 0 atom stereocenters. The summed E-state index contributed by atoms with van der Waals surface area (Å²) >= 11 is 1.78. The molecule has 4 nitrogen and oxygen atoms in total. The molecule has 2 rings (SSSR count). The number of nitrogens with zero attached hydrogens (tertiary/aromatic N) is 3. The summed E-state index contributed by atoms with van der Waals surface area (Å²) in [5.41, 5.74) is 1.32. The summed E-state index contributed by atoms with van der Waals surface area (Å²) in [5.74, 6) is 1.86. The van der Waals surface area contributed by atoms with Crippen molar-refractivity contribution in [2.45, 2.75) is 37.6 Å². The third-order valence-electron chi connectivity index (χ3n) is 4.91. The third-order valence-corrected chi connectivity index (χ3v) is 5.66. The molecule has 0 unspecified atom stereocenters. The number of aliphatic imine (C=N–C) groups is 1. The van der Waals surface area contributed by atoms with Crippen molar-refractivity contribution in [1.29, 1.82) is 0 Å². The molecule has 0 spiro atoms. The molecule has 0 saturated carbocycles. The molecule has 26 heavy (non-hydrogen) atoms. The maximum atomic E-state index is 4.87. The summed E-state index contributed by atoms with van der Waals surface area (Å²) in [5, 5.41) is 3.43. The molecule has 0 amide bonds. The van der Waals surface area contributed by atoms with Crippen LogP contribution in [0.1, 0.15) is 31.7 Å². The van der Waals surface area contributed by atoms with Crippen LogP contribution in [0.25, 0.3) is 0 Å². The molecule has 1 heterocycles. The van der Waals surface area contributed by atoms with Crippen LogP contribution in [0.2, 0.25) is 0 Å². The van der Waals surface area contributed by atoms with Gasteiger partial charge in [-0.15, -0.1) is 35.7 Å². The number of benzene rings is 1. The van der Waals surface area contributed by atoms with Gasteiger partial charge >= 0.3 is 0 Å². The van der Waals surface area contributed by atoms with Gasteiger partial charge in [0.2, 0.25) is 0 Å². The highest BCUT2D eigenvalue weighted by molar-refractivity contribution is 14.0. The van der Waals surface area contributed by atoms with E-state index in [0.29, 0.717) is 0 Å². The molecule has 0 aliphatic carbocycles. The standard InChI is InChI=1S/C20H34N4S.HI/c1-5-21-20(22-13-10-17-11-14-23(2)15-12-17)24(3)16-18-6-8-19(25-4)9-7-18;/h6-9,17H,5,10-16H2,1-4H3,(H,21,22);1H. The first-order valence-electron chi connectivity index (χ1n) is 9.43. The van der Waals surface area contributed by atoms with E-state index >= 15 is 0 Å². The Hall–Kier alpha value is -0.470. The van der Waals surface area contributed by atoms with Crippen LogP contribution in [0.3, 0.4) is 0 Å². The van der Waals surface area contributed by atoms with Crippen molar-refractivity contribution in [3.05, 3.63) is 29.8 Å². The van der Waals surface area contributed by atoms with Crippen LogP contribution < -0.4 is 5.32 Å². The maximum Gasteiger partial charge on any atom is 0.193 e. The summed E-state index contributed by atoms with van der Waals surface area (Å²) in [4.78, 5) is 10.8. The maximum absolute atomic E-state index is 4.87. The number of likely N-dealkylation sites (tertiary alicyclic amines) is 1. The molecule has 1 aliphatic heterocycles. The fraction of sp³-hybridized carbons (Fsp3) is 0.650. The van der Waals surface area contributed by atoms with Gasteiger partial charge < -0.3 is 15.1 Å². The Bertz CT molecular complexity index is 527. The molecule has 1 fully saturated rings. The van der Waals surface area contributed by atoms with Gasteiger partial charge in [-0.1, -0.05) is 12.1 Å². The third kappa shape index (κ3) is 8.05. The zero-order valence-electron chi connectivity index (χ0n) is 16.7. The van der Waals surface area contributed by atoms with Crippen LogP contribution >= 0.6 is 35.7 Å². The van der Waals surface area contributed by atoms with Gasteiger partial charge in [0.25, 0.3) is 0 Å². The van der Waals surface area contributed by atoms with Crippen molar-refractivity contribution in [2.75, 3.05) is 46.5 Å². The average Bonchev–Trinajstić information content (AvgIpc) is 2.63. The molecule has 1 aliphatic rings. The van der Waals surface area contributed by atoms with Crippen molar-refractivity contribution in [3.63, 3.8) is 0 Å². The zero-order chi connectivity index (χ0) is 18.1. The molecule has 1 N–H and O–H groups in total. The van der Waals surface area contributed by atoms with Crippen molar-refractivity contribution in [2.24, 2.45) is 10.9 Å². The monoisotopic (exact) mass is 490 g/mol. The van der Waals surface area contributed by atoms with E-state index in [0.717, 1.165) is 31.5 Å². The molecule has 1 aromatic rings. The van der Waals surface area contributed by atoms with E-state index in [-0.39, 0.29) is 24.0 Å². The fourth-order valence-corrected chi connectivity index (χ4v) is 3.66. The second-order valence-electron chi connectivity index (χ2n) is 6.98. The van der Waals surface area contributed by atoms with Crippen LogP contribution in [-0.2, 0) is 6.54 Å². The first kappa shape index (κ1) is 23.6.